The highest BCUT2D eigenvalue weighted by Crippen LogP contribution is 2.28. The highest BCUT2D eigenvalue weighted by Gasteiger charge is 2.25. The van der Waals surface area contributed by atoms with Gasteiger partial charge in [0.1, 0.15) is 0 Å². The maximum Gasteiger partial charge on any atom is 0.324 e. The molecule has 3 N–H and O–H groups in total. The van der Waals surface area contributed by atoms with Crippen LogP contribution in [0, 0.1) is 0 Å². The first-order valence-electron chi connectivity index (χ1n) is 5.34. The fourth-order valence-corrected chi connectivity index (χ4v) is 2.68. The molecule has 0 unspecified atom stereocenters. The van der Waals surface area contributed by atoms with E-state index in [1.165, 1.54) is 16.7 Å². The Labute approximate surface area is 114 Å². The maximum absolute atomic E-state index is 11.8. The van der Waals surface area contributed by atoms with Crippen molar-refractivity contribution < 1.29 is 9.59 Å². The molecule has 1 saturated heterocycles. The van der Waals surface area contributed by atoms with E-state index in [0.717, 1.165) is 4.90 Å². The van der Waals surface area contributed by atoms with E-state index in [2.05, 4.69) is 5.32 Å². The van der Waals surface area contributed by atoms with Crippen LogP contribution in [0.1, 0.15) is 0 Å². The van der Waals surface area contributed by atoms with Gasteiger partial charge in [-0.2, -0.15) is 0 Å². The van der Waals surface area contributed by atoms with Gasteiger partial charge >= 0.3 is 6.03 Å². The van der Waals surface area contributed by atoms with E-state index in [-0.39, 0.29) is 17.7 Å². The number of halogens is 1. The maximum atomic E-state index is 11.8. The van der Waals surface area contributed by atoms with Gasteiger partial charge < -0.3 is 11.1 Å². The van der Waals surface area contributed by atoms with E-state index in [9.17, 15) is 9.59 Å². The van der Waals surface area contributed by atoms with Gasteiger partial charge in [-0.1, -0.05) is 11.6 Å². The molecule has 1 aliphatic heterocycles. The van der Waals surface area contributed by atoms with Gasteiger partial charge in [-0.15, -0.1) is 11.8 Å². The minimum Gasteiger partial charge on any atom is -0.398 e. The first-order chi connectivity index (χ1) is 8.58. The molecule has 1 heterocycles. The average molecular weight is 286 g/mol. The van der Waals surface area contributed by atoms with Crippen LogP contribution in [-0.2, 0) is 4.79 Å². The molecule has 1 fully saturated rings. The van der Waals surface area contributed by atoms with Gasteiger partial charge in [-0.25, -0.2) is 4.79 Å². The van der Waals surface area contributed by atoms with E-state index < -0.39 is 0 Å². The Morgan fingerprint density at radius 3 is 3.00 bits per heavy atom. The lowest BCUT2D eigenvalue weighted by molar-refractivity contribution is -0.124. The second-order valence-electron chi connectivity index (χ2n) is 3.75. The number of hydrogen-bond donors (Lipinski definition) is 2. The Morgan fingerprint density at radius 2 is 2.33 bits per heavy atom. The zero-order valence-corrected chi connectivity index (χ0v) is 11.1. The number of nitrogen functional groups attached to an aromatic ring is 1. The van der Waals surface area contributed by atoms with E-state index in [0.29, 0.717) is 23.8 Å². The first kappa shape index (κ1) is 13.0. The lowest BCUT2D eigenvalue weighted by atomic mass is 10.3. The minimum absolute atomic E-state index is 0.165. The molecule has 18 heavy (non-hydrogen) atoms. The van der Waals surface area contributed by atoms with E-state index >= 15 is 0 Å². The van der Waals surface area contributed by atoms with Gasteiger partial charge in [0.15, 0.2) is 0 Å². The van der Waals surface area contributed by atoms with Crippen molar-refractivity contribution in [3.05, 3.63) is 23.2 Å². The number of carbonyl (C=O) groups excluding carboxylic acids is 2. The largest absolute Gasteiger partial charge is 0.398 e. The standard InChI is InChI=1S/C11H12ClN3O2S/c12-7-1-2-8(13)9(5-7)18-6-10(16)15-4-3-14-11(15)17/h1-2,5H,3-4,6,13H2,(H,14,17). The predicted octanol–water partition coefficient (Wildman–Crippen LogP) is 1.57. The number of imide groups is 1. The van der Waals surface area contributed by atoms with Crippen molar-refractivity contribution in [1.29, 1.82) is 0 Å². The van der Waals surface area contributed by atoms with Crippen LogP contribution < -0.4 is 11.1 Å². The van der Waals surface area contributed by atoms with E-state index in [1.54, 1.807) is 18.2 Å². The lowest BCUT2D eigenvalue weighted by Gasteiger charge is -2.12. The quantitative estimate of drug-likeness (QED) is 0.653. The third-order valence-electron chi connectivity index (χ3n) is 2.48. The smallest absolute Gasteiger partial charge is 0.324 e. The summed E-state index contributed by atoms with van der Waals surface area (Å²) in [4.78, 5) is 25.0. The van der Waals surface area contributed by atoms with Gasteiger partial charge in [0.2, 0.25) is 5.91 Å². The number of nitrogens with one attached hydrogen (secondary N) is 1. The number of urea groups is 1. The Bertz CT molecular complexity index is 495. The number of thioether (sulfide) groups is 1. The monoisotopic (exact) mass is 285 g/mol. The van der Waals surface area contributed by atoms with Crippen LogP contribution in [0.25, 0.3) is 0 Å². The molecule has 0 spiro atoms. The fraction of sp³-hybridized carbons (Fsp3) is 0.273. The van der Waals surface area contributed by atoms with Crippen molar-refractivity contribution in [2.75, 3.05) is 24.6 Å². The van der Waals surface area contributed by atoms with E-state index in [1.807, 2.05) is 0 Å². The summed E-state index contributed by atoms with van der Waals surface area (Å²) in [5.74, 6) is -0.0628. The number of amides is 3. The van der Waals surface area contributed by atoms with Crippen LogP contribution >= 0.6 is 23.4 Å². The normalized spacial score (nSPS) is 14.7. The van der Waals surface area contributed by atoms with Gasteiger partial charge in [-0.3, -0.25) is 9.69 Å². The molecule has 2 rings (SSSR count). The zero-order valence-electron chi connectivity index (χ0n) is 9.48. The summed E-state index contributed by atoms with van der Waals surface area (Å²) in [5, 5.41) is 3.15. The lowest BCUT2D eigenvalue weighted by Crippen LogP contribution is -2.35. The van der Waals surface area contributed by atoms with Crippen molar-refractivity contribution in [2.45, 2.75) is 4.90 Å². The third-order valence-corrected chi connectivity index (χ3v) is 3.78. The fourth-order valence-electron chi connectivity index (χ4n) is 1.56. The molecule has 5 nitrogen and oxygen atoms in total. The molecular weight excluding hydrogens is 274 g/mol. The van der Waals surface area contributed by atoms with Crippen LogP contribution in [0.5, 0.6) is 0 Å². The highest BCUT2D eigenvalue weighted by atomic mass is 35.5. The molecule has 0 atom stereocenters. The van der Waals surface area contributed by atoms with Crippen molar-refractivity contribution in [3.8, 4) is 0 Å². The van der Waals surface area contributed by atoms with Crippen molar-refractivity contribution >= 4 is 41.0 Å². The molecule has 0 bridgehead atoms. The predicted molar refractivity (Wildman–Crippen MR) is 71.7 cm³/mol. The molecule has 0 saturated carbocycles. The summed E-state index contributed by atoms with van der Waals surface area (Å²) >= 11 is 7.13. The molecule has 96 valence electrons. The third kappa shape index (κ3) is 2.88. The van der Waals surface area contributed by atoms with Crippen LogP contribution in [0.4, 0.5) is 10.5 Å². The van der Waals surface area contributed by atoms with E-state index in [4.69, 9.17) is 17.3 Å². The van der Waals surface area contributed by atoms with Crippen molar-refractivity contribution in [3.63, 3.8) is 0 Å². The number of benzene rings is 1. The topological polar surface area (TPSA) is 75.4 Å². The average Bonchev–Trinajstić information content (AvgIpc) is 2.76. The molecule has 1 aliphatic rings. The number of anilines is 1. The first-order valence-corrected chi connectivity index (χ1v) is 6.70. The van der Waals surface area contributed by atoms with Crippen LogP contribution in [0.3, 0.4) is 0 Å². The number of nitrogens with zero attached hydrogens (tertiary/aromatic N) is 1. The van der Waals surface area contributed by atoms with Gasteiger partial charge in [0.05, 0.1) is 5.75 Å². The Hall–Kier alpha value is -1.40. The summed E-state index contributed by atoms with van der Waals surface area (Å²) in [6.07, 6.45) is 0. The molecule has 7 heteroatoms. The van der Waals surface area contributed by atoms with Crippen molar-refractivity contribution in [1.82, 2.24) is 10.2 Å². The van der Waals surface area contributed by atoms with Crippen LogP contribution in [0.2, 0.25) is 5.02 Å². The number of carbonyl (C=O) groups is 2. The van der Waals surface area contributed by atoms with Gasteiger partial charge in [0.25, 0.3) is 0 Å². The van der Waals surface area contributed by atoms with Crippen molar-refractivity contribution in [2.24, 2.45) is 0 Å². The Balaban J connectivity index is 1.97. The summed E-state index contributed by atoms with van der Waals surface area (Å²) in [7, 11) is 0. The van der Waals surface area contributed by atoms with Gasteiger partial charge in [-0.05, 0) is 18.2 Å². The summed E-state index contributed by atoms with van der Waals surface area (Å²) in [6.45, 7) is 0.928. The molecule has 0 aromatic heterocycles. The minimum atomic E-state index is -0.334. The number of nitrogens with two attached hydrogens (primary N) is 1. The summed E-state index contributed by atoms with van der Waals surface area (Å²) < 4.78 is 0. The highest BCUT2D eigenvalue weighted by molar-refractivity contribution is 8.00. The molecule has 3 amide bonds. The molecule has 1 aromatic rings. The summed E-state index contributed by atoms with van der Waals surface area (Å²) in [5.41, 5.74) is 6.35. The zero-order chi connectivity index (χ0) is 13.1. The van der Waals surface area contributed by atoms with Crippen LogP contribution in [0.15, 0.2) is 23.1 Å². The Morgan fingerprint density at radius 1 is 1.56 bits per heavy atom. The second kappa shape index (κ2) is 5.49. The number of rotatable bonds is 3. The molecule has 1 aromatic carbocycles. The Kier molecular flexibility index (Phi) is 3.98. The molecule has 0 radical (unpaired) electrons. The SMILES string of the molecule is Nc1ccc(Cl)cc1SCC(=O)N1CCNC1=O. The number of hydrogen-bond acceptors (Lipinski definition) is 4. The molecule has 0 aliphatic carbocycles. The molecular formula is C11H12ClN3O2S. The van der Waals surface area contributed by atoms with Crippen LogP contribution in [-0.4, -0.2) is 35.7 Å². The second-order valence-corrected chi connectivity index (χ2v) is 5.20. The summed E-state index contributed by atoms with van der Waals surface area (Å²) in [6, 6.07) is 4.76. The van der Waals surface area contributed by atoms with Gasteiger partial charge in [0, 0.05) is 28.7 Å².